The maximum absolute atomic E-state index is 11.2. The van der Waals surface area contributed by atoms with Gasteiger partial charge in [-0.1, -0.05) is 20.8 Å². The Labute approximate surface area is 86.1 Å². The number of aliphatic carboxylic acids is 1. The molecule has 1 heterocycles. The minimum absolute atomic E-state index is 0.0841. The number of nitrogens with zero attached hydrogens (tertiary/aromatic N) is 1. The minimum atomic E-state index is -0.664. The topological polar surface area (TPSA) is 40.5 Å². The standard InChI is InChI=1S/C11H21NO2/c1-4-7-12-8-5-6-11(2,3)9(12)10(13)14/h9H,4-8H2,1-3H3,(H,13,14). The lowest BCUT2D eigenvalue weighted by Gasteiger charge is -2.44. The van der Waals surface area contributed by atoms with Crippen molar-refractivity contribution < 1.29 is 9.90 Å². The van der Waals surface area contributed by atoms with Gasteiger partial charge in [-0.3, -0.25) is 9.69 Å². The third-order valence-electron chi connectivity index (χ3n) is 3.12. The number of hydrogen-bond donors (Lipinski definition) is 1. The van der Waals surface area contributed by atoms with Crippen molar-refractivity contribution in [3.63, 3.8) is 0 Å². The molecule has 1 atom stereocenters. The van der Waals surface area contributed by atoms with Crippen LogP contribution in [0.2, 0.25) is 0 Å². The van der Waals surface area contributed by atoms with Gasteiger partial charge in [0.1, 0.15) is 6.04 Å². The molecular formula is C11H21NO2. The summed E-state index contributed by atoms with van der Waals surface area (Å²) in [6.45, 7) is 8.07. The number of rotatable bonds is 3. The van der Waals surface area contributed by atoms with Crippen LogP contribution in [0.3, 0.4) is 0 Å². The quantitative estimate of drug-likeness (QED) is 0.755. The zero-order valence-electron chi connectivity index (χ0n) is 9.42. The van der Waals surface area contributed by atoms with Gasteiger partial charge in [-0.2, -0.15) is 0 Å². The summed E-state index contributed by atoms with van der Waals surface area (Å²) < 4.78 is 0. The molecule has 0 aromatic carbocycles. The van der Waals surface area contributed by atoms with Crippen LogP contribution in [-0.2, 0) is 4.79 Å². The fourth-order valence-corrected chi connectivity index (χ4v) is 2.52. The maximum Gasteiger partial charge on any atom is 0.321 e. The molecule has 82 valence electrons. The van der Waals surface area contributed by atoms with E-state index >= 15 is 0 Å². The van der Waals surface area contributed by atoms with E-state index in [4.69, 9.17) is 0 Å². The summed E-state index contributed by atoms with van der Waals surface area (Å²) >= 11 is 0. The maximum atomic E-state index is 11.2. The van der Waals surface area contributed by atoms with E-state index in [1.807, 2.05) is 0 Å². The Kier molecular flexibility index (Phi) is 3.53. The first-order valence-corrected chi connectivity index (χ1v) is 5.46. The van der Waals surface area contributed by atoms with E-state index in [0.717, 1.165) is 32.4 Å². The Morgan fingerprint density at radius 2 is 2.21 bits per heavy atom. The summed E-state index contributed by atoms with van der Waals surface area (Å²) in [6, 6.07) is -0.295. The molecule has 0 bridgehead atoms. The van der Waals surface area contributed by atoms with Crippen molar-refractivity contribution in [1.82, 2.24) is 4.90 Å². The molecule has 0 aliphatic carbocycles. The van der Waals surface area contributed by atoms with Crippen molar-refractivity contribution in [2.75, 3.05) is 13.1 Å². The zero-order chi connectivity index (χ0) is 10.8. The van der Waals surface area contributed by atoms with Crippen molar-refractivity contribution in [1.29, 1.82) is 0 Å². The Balaban J connectivity index is 2.79. The second kappa shape index (κ2) is 4.30. The van der Waals surface area contributed by atoms with Crippen molar-refractivity contribution in [2.45, 2.75) is 46.1 Å². The smallest absolute Gasteiger partial charge is 0.321 e. The normalized spacial score (nSPS) is 27.5. The van der Waals surface area contributed by atoms with E-state index < -0.39 is 5.97 Å². The fraction of sp³-hybridized carbons (Fsp3) is 0.909. The van der Waals surface area contributed by atoms with Crippen LogP contribution in [0.25, 0.3) is 0 Å². The fourth-order valence-electron chi connectivity index (χ4n) is 2.52. The van der Waals surface area contributed by atoms with Gasteiger partial charge in [-0.15, -0.1) is 0 Å². The largest absolute Gasteiger partial charge is 0.480 e. The molecule has 1 saturated heterocycles. The van der Waals surface area contributed by atoms with Crippen LogP contribution in [0, 0.1) is 5.41 Å². The summed E-state index contributed by atoms with van der Waals surface area (Å²) in [6.07, 6.45) is 3.17. The summed E-state index contributed by atoms with van der Waals surface area (Å²) in [4.78, 5) is 13.3. The first-order chi connectivity index (χ1) is 6.49. The van der Waals surface area contributed by atoms with Crippen molar-refractivity contribution in [3.05, 3.63) is 0 Å². The van der Waals surface area contributed by atoms with E-state index in [1.165, 1.54) is 0 Å². The van der Waals surface area contributed by atoms with Crippen LogP contribution in [0.4, 0.5) is 0 Å². The predicted octanol–water partition coefficient (Wildman–Crippen LogP) is 1.97. The van der Waals surface area contributed by atoms with Gasteiger partial charge in [0, 0.05) is 0 Å². The summed E-state index contributed by atoms with van der Waals surface area (Å²) in [5.41, 5.74) is -0.0841. The SMILES string of the molecule is CCCN1CCCC(C)(C)C1C(=O)O. The van der Waals surface area contributed by atoms with Crippen molar-refractivity contribution >= 4 is 5.97 Å². The summed E-state index contributed by atoms with van der Waals surface area (Å²) in [7, 11) is 0. The number of likely N-dealkylation sites (tertiary alicyclic amines) is 1. The molecule has 1 rings (SSSR count). The van der Waals surface area contributed by atoms with E-state index in [1.54, 1.807) is 0 Å². The zero-order valence-corrected chi connectivity index (χ0v) is 9.42. The Hall–Kier alpha value is -0.570. The third kappa shape index (κ3) is 2.27. The van der Waals surface area contributed by atoms with Crippen LogP contribution in [0.5, 0.6) is 0 Å². The van der Waals surface area contributed by atoms with Gasteiger partial charge in [-0.25, -0.2) is 0 Å². The molecule has 0 spiro atoms. The van der Waals surface area contributed by atoms with Gasteiger partial charge in [0.25, 0.3) is 0 Å². The molecule has 1 unspecified atom stereocenters. The van der Waals surface area contributed by atoms with Gasteiger partial charge in [0.05, 0.1) is 0 Å². The Morgan fingerprint density at radius 3 is 2.71 bits per heavy atom. The highest BCUT2D eigenvalue weighted by atomic mass is 16.4. The lowest BCUT2D eigenvalue weighted by Crippen LogP contribution is -2.54. The molecule has 0 amide bonds. The average molecular weight is 199 g/mol. The highest BCUT2D eigenvalue weighted by Crippen LogP contribution is 2.35. The lowest BCUT2D eigenvalue weighted by molar-refractivity contribution is -0.150. The Bertz CT molecular complexity index is 211. The van der Waals surface area contributed by atoms with E-state index in [0.29, 0.717) is 0 Å². The minimum Gasteiger partial charge on any atom is -0.480 e. The second-order valence-corrected chi connectivity index (χ2v) is 4.87. The molecule has 0 saturated carbocycles. The highest BCUT2D eigenvalue weighted by molar-refractivity contribution is 5.74. The third-order valence-corrected chi connectivity index (χ3v) is 3.12. The molecule has 3 nitrogen and oxygen atoms in total. The van der Waals surface area contributed by atoms with Crippen LogP contribution in [-0.4, -0.2) is 35.1 Å². The number of carboxylic acid groups (broad SMARTS) is 1. The van der Waals surface area contributed by atoms with Crippen LogP contribution >= 0.6 is 0 Å². The number of carbonyl (C=O) groups is 1. The van der Waals surface area contributed by atoms with Gasteiger partial charge in [0.15, 0.2) is 0 Å². The molecule has 1 fully saturated rings. The number of carboxylic acids is 1. The first-order valence-electron chi connectivity index (χ1n) is 5.46. The molecule has 3 heteroatoms. The molecule has 0 aromatic heterocycles. The van der Waals surface area contributed by atoms with Crippen LogP contribution in [0.15, 0.2) is 0 Å². The predicted molar refractivity (Wildman–Crippen MR) is 56.3 cm³/mol. The van der Waals surface area contributed by atoms with Gasteiger partial charge in [-0.05, 0) is 37.8 Å². The molecule has 0 aromatic rings. The average Bonchev–Trinajstić information content (AvgIpc) is 2.01. The second-order valence-electron chi connectivity index (χ2n) is 4.87. The monoisotopic (exact) mass is 199 g/mol. The van der Waals surface area contributed by atoms with Crippen LogP contribution in [0.1, 0.15) is 40.0 Å². The molecule has 1 aliphatic rings. The summed E-state index contributed by atoms with van der Waals surface area (Å²) in [5, 5.41) is 9.23. The van der Waals surface area contributed by atoms with Gasteiger partial charge in [0.2, 0.25) is 0 Å². The molecule has 1 N–H and O–H groups in total. The number of hydrogen-bond acceptors (Lipinski definition) is 2. The van der Waals surface area contributed by atoms with E-state index in [9.17, 15) is 9.90 Å². The Morgan fingerprint density at radius 1 is 1.57 bits per heavy atom. The highest BCUT2D eigenvalue weighted by Gasteiger charge is 2.41. The van der Waals surface area contributed by atoms with Gasteiger partial charge < -0.3 is 5.11 Å². The van der Waals surface area contributed by atoms with Gasteiger partial charge >= 0.3 is 5.97 Å². The van der Waals surface area contributed by atoms with Crippen molar-refractivity contribution in [2.24, 2.45) is 5.41 Å². The van der Waals surface area contributed by atoms with E-state index in [-0.39, 0.29) is 11.5 Å². The van der Waals surface area contributed by atoms with E-state index in [2.05, 4.69) is 25.7 Å². The molecule has 1 aliphatic heterocycles. The number of piperidine rings is 1. The molecular weight excluding hydrogens is 178 g/mol. The molecule has 0 radical (unpaired) electrons. The van der Waals surface area contributed by atoms with Crippen molar-refractivity contribution in [3.8, 4) is 0 Å². The lowest BCUT2D eigenvalue weighted by atomic mass is 9.76. The van der Waals surface area contributed by atoms with Crippen LogP contribution < -0.4 is 0 Å². The first kappa shape index (κ1) is 11.5. The molecule has 14 heavy (non-hydrogen) atoms. The summed E-state index contributed by atoms with van der Waals surface area (Å²) in [5.74, 6) is -0.664.